The SMILES string of the molecule is O=C(c1cc(F)ccc1F)N1CC[C@]2(C1)Nc1cccnc1NC2=NCc1ccccc1. The molecule has 5 rings (SSSR count). The molecule has 32 heavy (non-hydrogen) atoms. The summed E-state index contributed by atoms with van der Waals surface area (Å²) in [4.78, 5) is 23.7. The van der Waals surface area contributed by atoms with Gasteiger partial charge in [0.2, 0.25) is 0 Å². The zero-order chi connectivity index (χ0) is 22.1. The lowest BCUT2D eigenvalue weighted by atomic mass is 9.93. The smallest absolute Gasteiger partial charge is 0.257 e. The van der Waals surface area contributed by atoms with Gasteiger partial charge in [0.1, 0.15) is 23.0 Å². The molecule has 1 spiro atoms. The molecule has 3 heterocycles. The lowest BCUT2D eigenvalue weighted by Gasteiger charge is -2.38. The van der Waals surface area contributed by atoms with Crippen LogP contribution in [0, 0.1) is 11.6 Å². The number of carbonyl (C=O) groups excluding carboxylic acids is 1. The Hall–Kier alpha value is -3.81. The number of rotatable bonds is 3. The van der Waals surface area contributed by atoms with Crippen LogP contribution in [-0.2, 0) is 6.54 Å². The number of likely N-dealkylation sites (tertiary alicyclic amines) is 1. The topological polar surface area (TPSA) is 69.6 Å². The summed E-state index contributed by atoms with van der Waals surface area (Å²) in [7, 11) is 0. The molecule has 2 aliphatic heterocycles. The molecule has 1 aromatic heterocycles. The number of pyridine rings is 1. The van der Waals surface area contributed by atoms with Gasteiger partial charge in [-0.15, -0.1) is 0 Å². The van der Waals surface area contributed by atoms with E-state index in [0.717, 1.165) is 29.4 Å². The van der Waals surface area contributed by atoms with Gasteiger partial charge in [-0.3, -0.25) is 9.79 Å². The molecule has 0 bridgehead atoms. The number of hydrogen-bond donors (Lipinski definition) is 2. The maximum Gasteiger partial charge on any atom is 0.257 e. The molecule has 3 aromatic rings. The summed E-state index contributed by atoms with van der Waals surface area (Å²) < 4.78 is 27.9. The number of fused-ring (bicyclic) bond motifs is 1. The zero-order valence-electron chi connectivity index (χ0n) is 17.2. The van der Waals surface area contributed by atoms with E-state index in [1.165, 1.54) is 4.90 Å². The molecule has 162 valence electrons. The maximum atomic E-state index is 14.2. The summed E-state index contributed by atoms with van der Waals surface area (Å²) in [5.41, 5.74) is 0.911. The van der Waals surface area contributed by atoms with Crippen molar-refractivity contribution in [3.05, 3.63) is 89.6 Å². The Bertz CT molecular complexity index is 1200. The second kappa shape index (κ2) is 8.03. The fourth-order valence-electron chi connectivity index (χ4n) is 4.21. The number of nitrogens with one attached hydrogen (secondary N) is 2. The van der Waals surface area contributed by atoms with E-state index in [4.69, 9.17) is 4.99 Å². The number of amides is 1. The van der Waals surface area contributed by atoms with Gasteiger partial charge in [0.25, 0.3) is 5.91 Å². The molecule has 0 aliphatic carbocycles. The van der Waals surface area contributed by atoms with Gasteiger partial charge < -0.3 is 15.5 Å². The molecule has 1 amide bonds. The molecule has 2 N–H and O–H groups in total. The molecule has 2 aromatic carbocycles. The molecule has 1 atom stereocenters. The number of halogens is 2. The van der Waals surface area contributed by atoms with Crippen molar-refractivity contribution in [3.8, 4) is 0 Å². The number of benzene rings is 2. The molecule has 1 fully saturated rings. The van der Waals surface area contributed by atoms with Gasteiger partial charge in [0.15, 0.2) is 5.82 Å². The van der Waals surface area contributed by atoms with Crippen LogP contribution in [0.15, 0.2) is 71.9 Å². The van der Waals surface area contributed by atoms with Gasteiger partial charge in [-0.1, -0.05) is 30.3 Å². The fraction of sp³-hybridized carbons (Fsp3) is 0.208. The number of anilines is 2. The summed E-state index contributed by atoms with van der Waals surface area (Å²) in [6.45, 7) is 1.10. The van der Waals surface area contributed by atoms with E-state index in [-0.39, 0.29) is 12.1 Å². The lowest BCUT2D eigenvalue weighted by Crippen LogP contribution is -2.55. The normalized spacial score (nSPS) is 20.7. The van der Waals surface area contributed by atoms with Crippen LogP contribution in [0.3, 0.4) is 0 Å². The first kappa shape index (κ1) is 20.1. The van der Waals surface area contributed by atoms with Crippen molar-refractivity contribution >= 4 is 23.2 Å². The minimum absolute atomic E-state index is 0.261. The van der Waals surface area contributed by atoms with Gasteiger partial charge in [-0.05, 0) is 42.3 Å². The second-order valence-electron chi connectivity index (χ2n) is 7.98. The number of aliphatic imine (C=N–C) groups is 1. The van der Waals surface area contributed by atoms with E-state index in [1.807, 2.05) is 42.5 Å². The van der Waals surface area contributed by atoms with Gasteiger partial charge >= 0.3 is 0 Å². The quantitative estimate of drug-likeness (QED) is 0.653. The van der Waals surface area contributed by atoms with Crippen molar-refractivity contribution in [1.82, 2.24) is 9.88 Å². The highest BCUT2D eigenvalue weighted by atomic mass is 19.1. The standard InChI is InChI=1S/C24H21F2N5O/c25-17-8-9-19(26)18(13-17)22(32)31-12-10-24(15-31)23(28-14-16-5-2-1-3-6-16)29-21-20(30-24)7-4-11-27-21/h1-9,11,13,30H,10,12,14-15H2,(H,27,28,29)/t24-/m1/s1. The Labute approximate surface area is 184 Å². The predicted molar refractivity (Wildman–Crippen MR) is 119 cm³/mol. The highest BCUT2D eigenvalue weighted by Gasteiger charge is 2.47. The first-order valence-corrected chi connectivity index (χ1v) is 10.4. The molecule has 6 nitrogen and oxygen atoms in total. The van der Waals surface area contributed by atoms with Crippen molar-refractivity contribution in [3.63, 3.8) is 0 Å². The third-order valence-electron chi connectivity index (χ3n) is 5.85. The van der Waals surface area contributed by atoms with E-state index in [2.05, 4.69) is 15.6 Å². The number of hydrogen-bond acceptors (Lipinski definition) is 4. The van der Waals surface area contributed by atoms with Crippen LogP contribution >= 0.6 is 0 Å². The lowest BCUT2D eigenvalue weighted by molar-refractivity contribution is 0.0784. The molecule has 2 aliphatic rings. The van der Waals surface area contributed by atoms with Crippen LogP contribution in [0.25, 0.3) is 0 Å². The Morgan fingerprint density at radius 3 is 2.81 bits per heavy atom. The molecule has 0 saturated carbocycles. The van der Waals surface area contributed by atoms with Crippen LogP contribution in [0.4, 0.5) is 20.3 Å². The third kappa shape index (κ3) is 3.68. The Morgan fingerprint density at radius 1 is 1.12 bits per heavy atom. The van der Waals surface area contributed by atoms with Crippen molar-refractivity contribution in [2.24, 2.45) is 4.99 Å². The number of carbonyl (C=O) groups is 1. The minimum Gasteiger partial charge on any atom is -0.368 e. The first-order chi connectivity index (χ1) is 15.5. The average Bonchev–Trinajstić information content (AvgIpc) is 3.24. The minimum atomic E-state index is -0.736. The maximum absolute atomic E-state index is 14.2. The van der Waals surface area contributed by atoms with E-state index in [9.17, 15) is 13.6 Å². The van der Waals surface area contributed by atoms with Crippen LogP contribution < -0.4 is 10.6 Å². The first-order valence-electron chi connectivity index (χ1n) is 10.4. The largest absolute Gasteiger partial charge is 0.368 e. The Morgan fingerprint density at radius 2 is 1.97 bits per heavy atom. The molecule has 0 unspecified atom stereocenters. The summed E-state index contributed by atoms with van der Waals surface area (Å²) in [6, 6.07) is 16.5. The van der Waals surface area contributed by atoms with E-state index in [1.54, 1.807) is 6.20 Å². The van der Waals surface area contributed by atoms with Gasteiger partial charge in [-0.25, -0.2) is 13.8 Å². The fourth-order valence-corrected chi connectivity index (χ4v) is 4.21. The zero-order valence-corrected chi connectivity index (χ0v) is 17.2. The molecular weight excluding hydrogens is 412 g/mol. The molecule has 1 saturated heterocycles. The van der Waals surface area contributed by atoms with Gasteiger partial charge in [0, 0.05) is 12.7 Å². The Balaban J connectivity index is 1.46. The number of amidine groups is 1. The van der Waals surface area contributed by atoms with E-state index < -0.39 is 23.1 Å². The van der Waals surface area contributed by atoms with Gasteiger partial charge in [-0.2, -0.15) is 0 Å². The summed E-state index contributed by atoms with van der Waals surface area (Å²) in [6.07, 6.45) is 2.25. The van der Waals surface area contributed by atoms with Crippen molar-refractivity contribution in [2.75, 3.05) is 23.7 Å². The Kier molecular flexibility index (Phi) is 5.05. The summed E-state index contributed by atoms with van der Waals surface area (Å²) >= 11 is 0. The van der Waals surface area contributed by atoms with Crippen molar-refractivity contribution in [1.29, 1.82) is 0 Å². The summed E-state index contributed by atoms with van der Waals surface area (Å²) in [5, 5.41) is 6.83. The van der Waals surface area contributed by atoms with E-state index in [0.29, 0.717) is 31.2 Å². The molecule has 8 heteroatoms. The molecular formula is C24H21F2N5O. The molecule has 0 radical (unpaired) electrons. The van der Waals surface area contributed by atoms with Crippen LogP contribution in [-0.4, -0.2) is 40.3 Å². The van der Waals surface area contributed by atoms with Crippen molar-refractivity contribution < 1.29 is 13.6 Å². The van der Waals surface area contributed by atoms with Gasteiger partial charge in [0.05, 0.1) is 24.3 Å². The average molecular weight is 433 g/mol. The summed E-state index contributed by atoms with van der Waals surface area (Å²) in [5.74, 6) is -0.598. The highest BCUT2D eigenvalue weighted by molar-refractivity contribution is 6.09. The van der Waals surface area contributed by atoms with E-state index >= 15 is 0 Å². The van der Waals surface area contributed by atoms with Crippen molar-refractivity contribution in [2.45, 2.75) is 18.5 Å². The highest BCUT2D eigenvalue weighted by Crippen LogP contribution is 2.36. The third-order valence-corrected chi connectivity index (χ3v) is 5.85. The van der Waals surface area contributed by atoms with Crippen LogP contribution in [0.5, 0.6) is 0 Å². The van der Waals surface area contributed by atoms with Crippen LogP contribution in [0.2, 0.25) is 0 Å². The second-order valence-corrected chi connectivity index (χ2v) is 7.98. The number of aromatic nitrogens is 1. The number of nitrogens with zero attached hydrogens (tertiary/aromatic N) is 3. The van der Waals surface area contributed by atoms with Crippen LogP contribution in [0.1, 0.15) is 22.3 Å². The monoisotopic (exact) mass is 433 g/mol. The predicted octanol–water partition coefficient (Wildman–Crippen LogP) is 4.08.